The topological polar surface area (TPSA) is 78.8 Å². The molecule has 0 saturated carbocycles. The summed E-state index contributed by atoms with van der Waals surface area (Å²) in [6.45, 7) is 0.113. The van der Waals surface area contributed by atoms with Crippen molar-refractivity contribution in [3.63, 3.8) is 0 Å². The molecule has 7 heteroatoms. The molecule has 0 saturated heterocycles. The van der Waals surface area contributed by atoms with Gasteiger partial charge < -0.3 is 20.3 Å². The summed E-state index contributed by atoms with van der Waals surface area (Å²) in [4.78, 5) is 10.6. The maximum Gasteiger partial charge on any atom is 0.341 e. The van der Waals surface area contributed by atoms with Crippen LogP contribution in [0.1, 0.15) is 29.2 Å². The number of aliphatic hydroxyl groups is 1. The lowest BCUT2D eigenvalue weighted by molar-refractivity contribution is -0.139. The van der Waals surface area contributed by atoms with E-state index < -0.39 is 12.1 Å². The quantitative estimate of drug-likeness (QED) is 0.650. The maximum absolute atomic E-state index is 10.6. The Morgan fingerprint density at radius 1 is 1.26 bits per heavy atom. The number of aryl methyl sites for hydroxylation is 1. The van der Waals surface area contributed by atoms with Crippen LogP contribution in [-0.4, -0.2) is 35.4 Å². The molecular formula is C20H23Cl2NO4. The zero-order valence-corrected chi connectivity index (χ0v) is 16.3. The smallest absolute Gasteiger partial charge is 0.341 e. The number of fused-ring (bicyclic) bond motifs is 1. The number of aliphatic hydroxyl groups excluding tert-OH is 1. The zero-order chi connectivity index (χ0) is 18.5. The van der Waals surface area contributed by atoms with Gasteiger partial charge >= 0.3 is 5.97 Å². The van der Waals surface area contributed by atoms with Gasteiger partial charge in [-0.3, -0.25) is 0 Å². The van der Waals surface area contributed by atoms with Crippen LogP contribution in [0.15, 0.2) is 42.5 Å². The van der Waals surface area contributed by atoms with Gasteiger partial charge in [-0.25, -0.2) is 4.79 Å². The summed E-state index contributed by atoms with van der Waals surface area (Å²) < 4.78 is 5.26. The summed E-state index contributed by atoms with van der Waals surface area (Å²) in [6, 6.07) is 13.2. The van der Waals surface area contributed by atoms with Crippen molar-refractivity contribution in [2.45, 2.75) is 31.4 Å². The molecule has 1 aliphatic carbocycles. The van der Waals surface area contributed by atoms with Gasteiger partial charge in [-0.1, -0.05) is 29.8 Å². The van der Waals surface area contributed by atoms with Crippen molar-refractivity contribution in [3.8, 4) is 5.75 Å². The minimum Gasteiger partial charge on any atom is -0.482 e. The molecule has 0 heterocycles. The Labute approximate surface area is 169 Å². The molecule has 0 aromatic heterocycles. The minimum atomic E-state index is -0.989. The summed E-state index contributed by atoms with van der Waals surface area (Å²) in [5.41, 5.74) is 3.22. The van der Waals surface area contributed by atoms with Crippen molar-refractivity contribution in [2.24, 2.45) is 0 Å². The summed E-state index contributed by atoms with van der Waals surface area (Å²) in [6.07, 6.45) is 2.15. The van der Waals surface area contributed by atoms with Gasteiger partial charge in [-0.05, 0) is 60.2 Å². The highest BCUT2D eigenvalue weighted by Crippen LogP contribution is 2.26. The van der Waals surface area contributed by atoms with E-state index in [-0.39, 0.29) is 25.1 Å². The van der Waals surface area contributed by atoms with E-state index in [1.807, 2.05) is 30.3 Å². The van der Waals surface area contributed by atoms with E-state index in [0.717, 1.165) is 30.4 Å². The lowest BCUT2D eigenvalue weighted by Crippen LogP contribution is -2.37. The van der Waals surface area contributed by atoms with Crippen molar-refractivity contribution in [2.75, 3.05) is 13.2 Å². The third-order valence-corrected chi connectivity index (χ3v) is 4.84. The second-order valence-electron chi connectivity index (χ2n) is 6.53. The molecule has 27 heavy (non-hydrogen) atoms. The van der Waals surface area contributed by atoms with Crippen LogP contribution in [0.4, 0.5) is 0 Å². The highest BCUT2D eigenvalue weighted by atomic mass is 35.5. The highest BCUT2D eigenvalue weighted by Gasteiger charge is 2.20. The van der Waals surface area contributed by atoms with Crippen LogP contribution < -0.4 is 10.1 Å². The molecule has 2 aromatic rings. The molecule has 0 radical (unpaired) electrons. The first-order valence-electron chi connectivity index (χ1n) is 8.64. The van der Waals surface area contributed by atoms with Crippen molar-refractivity contribution in [1.29, 1.82) is 0 Å². The van der Waals surface area contributed by atoms with E-state index >= 15 is 0 Å². The first-order chi connectivity index (χ1) is 12.5. The monoisotopic (exact) mass is 411 g/mol. The molecule has 0 bridgehead atoms. The minimum absolute atomic E-state index is 0. The highest BCUT2D eigenvalue weighted by molar-refractivity contribution is 6.30. The van der Waals surface area contributed by atoms with Gasteiger partial charge in [0.25, 0.3) is 0 Å². The van der Waals surface area contributed by atoms with E-state index in [4.69, 9.17) is 21.4 Å². The Morgan fingerprint density at radius 3 is 2.81 bits per heavy atom. The zero-order valence-electron chi connectivity index (χ0n) is 14.7. The van der Waals surface area contributed by atoms with Crippen LogP contribution in [0, 0.1) is 0 Å². The third-order valence-electron chi connectivity index (χ3n) is 4.60. The molecule has 2 atom stereocenters. The Morgan fingerprint density at radius 2 is 2.07 bits per heavy atom. The summed E-state index contributed by atoms with van der Waals surface area (Å²) in [7, 11) is 0. The fraction of sp³-hybridized carbons (Fsp3) is 0.350. The van der Waals surface area contributed by atoms with Crippen molar-refractivity contribution >= 4 is 30.0 Å². The van der Waals surface area contributed by atoms with E-state index in [1.165, 1.54) is 5.56 Å². The fourth-order valence-electron chi connectivity index (χ4n) is 3.25. The molecule has 3 rings (SSSR count). The largest absolute Gasteiger partial charge is 0.482 e. The average molecular weight is 412 g/mol. The number of hydrogen-bond acceptors (Lipinski definition) is 4. The van der Waals surface area contributed by atoms with E-state index in [9.17, 15) is 9.90 Å². The van der Waals surface area contributed by atoms with Crippen LogP contribution in [0.3, 0.4) is 0 Å². The van der Waals surface area contributed by atoms with Crippen LogP contribution >= 0.6 is 24.0 Å². The molecule has 146 valence electrons. The van der Waals surface area contributed by atoms with Crippen molar-refractivity contribution < 1.29 is 19.7 Å². The molecule has 0 fully saturated rings. The van der Waals surface area contributed by atoms with Crippen LogP contribution in [0.25, 0.3) is 0 Å². The number of ether oxygens (including phenoxy) is 1. The van der Waals surface area contributed by atoms with Gasteiger partial charge in [0.15, 0.2) is 6.61 Å². The number of nitrogens with one attached hydrogen (secondary N) is 1. The van der Waals surface area contributed by atoms with Gasteiger partial charge in [-0.15, -0.1) is 12.4 Å². The number of carboxylic acid groups (broad SMARTS) is 1. The molecule has 3 N–H and O–H groups in total. The number of halogens is 2. The van der Waals surface area contributed by atoms with E-state index in [2.05, 4.69) is 5.32 Å². The van der Waals surface area contributed by atoms with E-state index in [0.29, 0.717) is 17.3 Å². The second-order valence-corrected chi connectivity index (χ2v) is 6.97. The SMILES string of the molecule is Cl.O=C(O)COc1ccc2c(c1)C[C@@H](NC[C@@H](O)c1cccc(Cl)c1)CC2. The Kier molecular flexibility index (Phi) is 7.92. The predicted octanol–water partition coefficient (Wildman–Crippen LogP) is 3.41. The normalized spacial score (nSPS) is 16.7. The van der Waals surface area contributed by atoms with Gasteiger partial charge in [0, 0.05) is 17.6 Å². The first kappa shape index (κ1) is 21.5. The molecule has 1 aliphatic rings. The number of aliphatic carboxylic acids is 1. The number of rotatable bonds is 7. The van der Waals surface area contributed by atoms with Gasteiger partial charge in [0.05, 0.1) is 6.10 Å². The molecular weight excluding hydrogens is 389 g/mol. The number of carboxylic acids is 1. The summed E-state index contributed by atoms with van der Waals surface area (Å²) in [5, 5.41) is 23.1. The lowest BCUT2D eigenvalue weighted by atomic mass is 9.88. The molecule has 0 spiro atoms. The predicted molar refractivity (Wildman–Crippen MR) is 107 cm³/mol. The molecule has 0 amide bonds. The second kappa shape index (κ2) is 9.95. The van der Waals surface area contributed by atoms with Gasteiger partial charge in [-0.2, -0.15) is 0 Å². The molecule has 0 aliphatic heterocycles. The Hall–Kier alpha value is -1.79. The van der Waals surface area contributed by atoms with Crippen molar-refractivity contribution in [1.82, 2.24) is 5.32 Å². The Balaban J connectivity index is 0.00000261. The van der Waals surface area contributed by atoms with E-state index in [1.54, 1.807) is 12.1 Å². The summed E-state index contributed by atoms with van der Waals surface area (Å²) in [5.74, 6) is -0.414. The number of carbonyl (C=O) groups is 1. The van der Waals surface area contributed by atoms with Gasteiger partial charge in [0.1, 0.15) is 5.75 Å². The van der Waals surface area contributed by atoms with Gasteiger partial charge in [0.2, 0.25) is 0 Å². The first-order valence-corrected chi connectivity index (χ1v) is 9.02. The van der Waals surface area contributed by atoms with Crippen LogP contribution in [0.5, 0.6) is 5.75 Å². The molecule has 5 nitrogen and oxygen atoms in total. The number of hydrogen-bond donors (Lipinski definition) is 3. The standard InChI is InChI=1S/C20H22ClNO4.ClH/c21-16-3-1-2-14(8-16)19(23)11-22-17-6-4-13-5-7-18(10-15(13)9-17)26-12-20(24)25;/h1-3,5,7-8,10,17,19,22-23H,4,6,9,11-12H2,(H,24,25);1H/t17-,19+;/m0./s1. The molecule has 0 unspecified atom stereocenters. The molecule has 2 aromatic carbocycles. The Bertz CT molecular complexity index is 784. The average Bonchev–Trinajstić information content (AvgIpc) is 2.64. The maximum atomic E-state index is 10.6. The third kappa shape index (κ3) is 6.11. The van der Waals surface area contributed by atoms with Crippen LogP contribution in [-0.2, 0) is 17.6 Å². The van der Waals surface area contributed by atoms with Crippen molar-refractivity contribution in [3.05, 3.63) is 64.2 Å². The fourth-order valence-corrected chi connectivity index (χ4v) is 3.45. The summed E-state index contributed by atoms with van der Waals surface area (Å²) >= 11 is 5.97. The lowest BCUT2D eigenvalue weighted by Gasteiger charge is -2.27. The van der Waals surface area contributed by atoms with Crippen LogP contribution in [0.2, 0.25) is 5.02 Å². The number of benzene rings is 2.